The van der Waals surface area contributed by atoms with Gasteiger partial charge in [0, 0.05) is 45.6 Å². The molecule has 0 radical (unpaired) electrons. The fraction of sp³-hybridized carbons (Fsp3) is 0.400. The molecule has 0 bridgehead atoms. The molecule has 0 spiro atoms. The number of anilines is 2. The van der Waals surface area contributed by atoms with Gasteiger partial charge >= 0.3 is 0 Å². The van der Waals surface area contributed by atoms with Crippen LogP contribution in [0.4, 0.5) is 11.6 Å². The summed E-state index contributed by atoms with van der Waals surface area (Å²) in [7, 11) is 0. The zero-order valence-electron chi connectivity index (χ0n) is 16.1. The van der Waals surface area contributed by atoms with Crippen molar-refractivity contribution < 1.29 is 12.4 Å². The van der Waals surface area contributed by atoms with E-state index in [1.807, 2.05) is 30.9 Å². The lowest BCUT2D eigenvalue weighted by atomic mass is 10.1. The van der Waals surface area contributed by atoms with Crippen molar-refractivity contribution in [3.05, 3.63) is 46.2 Å². The standard InChI is InChI=1S/C20H24BrN5O2.2H2/c1-13(2)20(28)26-8-4-7-25(9-10-26)17-6-3-5-16(24-17)18(27)15-11-14(21)12-23-19(15)22;;/h3,5-6,11-13H,4,7-10H2,1-2H3,(H2,22,23);2*1H. The van der Waals surface area contributed by atoms with Crippen molar-refractivity contribution in [2.75, 3.05) is 36.8 Å². The van der Waals surface area contributed by atoms with E-state index < -0.39 is 0 Å². The number of halogens is 1. The normalized spacial score (nSPS) is 14.9. The Labute approximate surface area is 176 Å². The van der Waals surface area contributed by atoms with E-state index in [4.69, 9.17) is 5.73 Å². The number of carbonyl (C=O) groups is 2. The van der Waals surface area contributed by atoms with Crippen molar-refractivity contribution in [3.63, 3.8) is 0 Å². The Bertz CT molecular complexity index is 897. The van der Waals surface area contributed by atoms with Crippen molar-refractivity contribution >= 4 is 39.3 Å². The smallest absolute Gasteiger partial charge is 0.225 e. The molecule has 7 nitrogen and oxygen atoms in total. The van der Waals surface area contributed by atoms with E-state index in [0.29, 0.717) is 28.8 Å². The average molecular weight is 450 g/mol. The molecule has 0 atom stereocenters. The number of aromatic nitrogens is 2. The zero-order chi connectivity index (χ0) is 20.3. The lowest BCUT2D eigenvalue weighted by molar-refractivity contribution is -0.134. The maximum absolute atomic E-state index is 12.9. The molecule has 2 aromatic heterocycles. The average Bonchev–Trinajstić information content (AvgIpc) is 2.95. The number of amides is 1. The molecule has 1 amide bonds. The van der Waals surface area contributed by atoms with Crippen LogP contribution in [-0.4, -0.2) is 52.7 Å². The van der Waals surface area contributed by atoms with Crippen LogP contribution < -0.4 is 10.6 Å². The molecule has 3 heterocycles. The zero-order valence-corrected chi connectivity index (χ0v) is 17.6. The second-order valence-electron chi connectivity index (χ2n) is 7.12. The van der Waals surface area contributed by atoms with Crippen LogP contribution >= 0.6 is 15.9 Å². The molecule has 0 aromatic carbocycles. The summed E-state index contributed by atoms with van der Waals surface area (Å²) >= 11 is 3.32. The van der Waals surface area contributed by atoms with Gasteiger partial charge < -0.3 is 15.5 Å². The predicted molar refractivity (Wildman–Crippen MR) is 116 cm³/mol. The van der Waals surface area contributed by atoms with Crippen LogP contribution in [0.1, 0.15) is 39.2 Å². The van der Waals surface area contributed by atoms with E-state index in [1.54, 1.807) is 18.3 Å². The van der Waals surface area contributed by atoms with Crippen LogP contribution in [0.5, 0.6) is 0 Å². The first-order chi connectivity index (χ1) is 13.4. The predicted octanol–water partition coefficient (Wildman–Crippen LogP) is 3.24. The SMILES string of the molecule is CC(C)C(=O)N1CCCN(c2cccc(C(=O)c3cc(Br)cnc3N)n2)CC1.[HH].[HH]. The Hall–Kier alpha value is -2.48. The van der Waals surface area contributed by atoms with Crippen LogP contribution in [0.3, 0.4) is 0 Å². The minimum atomic E-state index is -0.264. The molecule has 152 valence electrons. The Morgan fingerprint density at radius 2 is 2.00 bits per heavy atom. The molecule has 1 aliphatic heterocycles. The second kappa shape index (κ2) is 8.68. The van der Waals surface area contributed by atoms with Gasteiger partial charge in [-0.2, -0.15) is 0 Å². The summed E-state index contributed by atoms with van der Waals surface area (Å²) in [5.41, 5.74) is 6.51. The fourth-order valence-electron chi connectivity index (χ4n) is 3.23. The van der Waals surface area contributed by atoms with Gasteiger partial charge in [0.1, 0.15) is 17.3 Å². The second-order valence-corrected chi connectivity index (χ2v) is 8.03. The summed E-state index contributed by atoms with van der Waals surface area (Å²) in [5, 5.41) is 0. The van der Waals surface area contributed by atoms with Crippen LogP contribution in [0.25, 0.3) is 0 Å². The number of nitrogens with two attached hydrogens (primary N) is 1. The molecule has 28 heavy (non-hydrogen) atoms. The third-order valence-electron chi connectivity index (χ3n) is 4.72. The number of nitrogens with zero attached hydrogens (tertiary/aromatic N) is 4. The van der Waals surface area contributed by atoms with E-state index >= 15 is 0 Å². The Morgan fingerprint density at radius 3 is 2.75 bits per heavy atom. The molecule has 2 N–H and O–H groups in total. The van der Waals surface area contributed by atoms with Gasteiger partial charge in [-0.3, -0.25) is 9.59 Å². The molecule has 3 rings (SSSR count). The van der Waals surface area contributed by atoms with E-state index in [2.05, 4.69) is 30.8 Å². The number of hydrogen-bond donors (Lipinski definition) is 1. The van der Waals surface area contributed by atoms with Crippen molar-refractivity contribution in [3.8, 4) is 0 Å². The van der Waals surface area contributed by atoms with Gasteiger partial charge in [-0.05, 0) is 40.5 Å². The summed E-state index contributed by atoms with van der Waals surface area (Å²) in [6.45, 7) is 6.71. The number of rotatable bonds is 4. The van der Waals surface area contributed by atoms with Gasteiger partial charge in [0.15, 0.2) is 0 Å². The van der Waals surface area contributed by atoms with Crippen molar-refractivity contribution in [2.24, 2.45) is 5.92 Å². The first kappa shape index (κ1) is 20.3. The lowest BCUT2D eigenvalue weighted by Crippen LogP contribution is -2.37. The number of carbonyl (C=O) groups excluding carboxylic acids is 2. The Kier molecular flexibility index (Phi) is 6.28. The molecule has 8 heteroatoms. The summed E-state index contributed by atoms with van der Waals surface area (Å²) in [6.07, 6.45) is 2.41. The van der Waals surface area contributed by atoms with E-state index in [9.17, 15) is 9.59 Å². The minimum absolute atomic E-state index is 0. The maximum atomic E-state index is 12.9. The number of ketones is 1. The van der Waals surface area contributed by atoms with Crippen molar-refractivity contribution in [2.45, 2.75) is 20.3 Å². The van der Waals surface area contributed by atoms with E-state index in [0.717, 1.165) is 25.3 Å². The molecule has 2 aromatic rings. The van der Waals surface area contributed by atoms with Crippen LogP contribution in [-0.2, 0) is 4.79 Å². The van der Waals surface area contributed by atoms with Gasteiger partial charge in [-0.1, -0.05) is 19.9 Å². The van der Waals surface area contributed by atoms with Gasteiger partial charge in [-0.15, -0.1) is 0 Å². The highest BCUT2D eigenvalue weighted by Gasteiger charge is 2.22. The molecular weight excluding hydrogens is 422 g/mol. The molecule has 1 saturated heterocycles. The van der Waals surface area contributed by atoms with Crippen LogP contribution in [0.2, 0.25) is 0 Å². The minimum Gasteiger partial charge on any atom is -0.383 e. The Morgan fingerprint density at radius 1 is 1.21 bits per heavy atom. The number of hydrogen-bond acceptors (Lipinski definition) is 6. The molecular formula is C20H28BrN5O2. The highest BCUT2D eigenvalue weighted by atomic mass is 79.9. The molecule has 1 aliphatic rings. The molecule has 0 saturated carbocycles. The summed E-state index contributed by atoms with van der Waals surface area (Å²) in [5.74, 6) is 0.815. The first-order valence-corrected chi connectivity index (χ1v) is 10.1. The number of nitrogen functional groups attached to an aromatic ring is 1. The van der Waals surface area contributed by atoms with Gasteiger partial charge in [-0.25, -0.2) is 9.97 Å². The highest BCUT2D eigenvalue weighted by molar-refractivity contribution is 9.10. The molecule has 1 fully saturated rings. The largest absolute Gasteiger partial charge is 0.383 e. The number of pyridine rings is 2. The summed E-state index contributed by atoms with van der Waals surface area (Å²) in [6, 6.07) is 7.04. The van der Waals surface area contributed by atoms with Gasteiger partial charge in [0.2, 0.25) is 11.7 Å². The third-order valence-corrected chi connectivity index (χ3v) is 5.16. The monoisotopic (exact) mass is 449 g/mol. The van der Waals surface area contributed by atoms with Gasteiger partial charge in [0.25, 0.3) is 0 Å². The summed E-state index contributed by atoms with van der Waals surface area (Å²) in [4.78, 5) is 37.8. The Balaban J connectivity index is 0.00000225. The van der Waals surface area contributed by atoms with Crippen molar-refractivity contribution in [1.29, 1.82) is 0 Å². The fourth-order valence-corrected chi connectivity index (χ4v) is 3.56. The molecule has 0 aliphatic carbocycles. The topological polar surface area (TPSA) is 92.4 Å². The maximum Gasteiger partial charge on any atom is 0.225 e. The highest BCUT2D eigenvalue weighted by Crippen LogP contribution is 2.21. The lowest BCUT2D eigenvalue weighted by Gasteiger charge is -2.24. The first-order valence-electron chi connectivity index (χ1n) is 9.33. The van der Waals surface area contributed by atoms with Gasteiger partial charge in [0.05, 0.1) is 5.56 Å². The third kappa shape index (κ3) is 4.49. The quantitative estimate of drug-likeness (QED) is 0.720. The van der Waals surface area contributed by atoms with Crippen molar-refractivity contribution in [1.82, 2.24) is 14.9 Å². The molecule has 0 unspecified atom stereocenters. The van der Waals surface area contributed by atoms with Crippen LogP contribution in [0, 0.1) is 5.92 Å². The van der Waals surface area contributed by atoms with E-state index in [1.165, 1.54) is 0 Å². The van der Waals surface area contributed by atoms with Crippen LogP contribution in [0.15, 0.2) is 34.9 Å². The summed E-state index contributed by atoms with van der Waals surface area (Å²) < 4.78 is 0.684. The van der Waals surface area contributed by atoms with E-state index in [-0.39, 0.29) is 26.3 Å².